The molecule has 1 saturated heterocycles. The van der Waals surface area contributed by atoms with Gasteiger partial charge in [0.15, 0.2) is 0 Å². The van der Waals surface area contributed by atoms with Crippen molar-refractivity contribution in [2.24, 2.45) is 0 Å². The van der Waals surface area contributed by atoms with Crippen molar-refractivity contribution in [2.45, 2.75) is 32.4 Å². The lowest BCUT2D eigenvalue weighted by Gasteiger charge is -2.13. The summed E-state index contributed by atoms with van der Waals surface area (Å²) in [5.74, 6) is 0.497. The predicted octanol–water partition coefficient (Wildman–Crippen LogP) is 3.48. The zero-order valence-corrected chi connectivity index (χ0v) is 18.8. The number of aromatic nitrogens is 6. The van der Waals surface area contributed by atoms with Crippen LogP contribution in [0.3, 0.4) is 0 Å². The highest BCUT2D eigenvalue weighted by Gasteiger charge is 2.18. The van der Waals surface area contributed by atoms with Crippen LogP contribution in [0.4, 0.5) is 5.95 Å². The third-order valence-corrected chi connectivity index (χ3v) is 5.63. The fourth-order valence-corrected chi connectivity index (χ4v) is 3.84. The molecule has 0 saturated carbocycles. The van der Waals surface area contributed by atoms with Crippen LogP contribution in [0.5, 0.6) is 0 Å². The van der Waals surface area contributed by atoms with E-state index in [1.807, 2.05) is 48.7 Å². The lowest BCUT2D eigenvalue weighted by atomic mass is 10.1. The minimum absolute atomic E-state index is 0.154. The minimum atomic E-state index is 0.154. The fraction of sp³-hybridized carbons (Fsp3) is 0.280. The molecule has 3 aromatic heterocycles. The van der Waals surface area contributed by atoms with Crippen molar-refractivity contribution in [3.05, 3.63) is 71.7 Å². The van der Waals surface area contributed by atoms with Crippen LogP contribution in [0.25, 0.3) is 22.6 Å². The van der Waals surface area contributed by atoms with E-state index in [2.05, 4.69) is 33.6 Å². The van der Waals surface area contributed by atoms with Gasteiger partial charge in [-0.1, -0.05) is 30.3 Å². The van der Waals surface area contributed by atoms with Gasteiger partial charge in [-0.15, -0.1) is 5.10 Å². The second-order valence-corrected chi connectivity index (χ2v) is 8.13. The second kappa shape index (κ2) is 9.77. The molecule has 5 rings (SSSR count). The smallest absolute Gasteiger partial charge is 0.224 e. The number of nitriles is 1. The van der Waals surface area contributed by atoms with E-state index in [1.165, 1.54) is 0 Å². The van der Waals surface area contributed by atoms with Gasteiger partial charge in [-0.05, 0) is 43.2 Å². The molecule has 0 spiro atoms. The Labute approximate surface area is 197 Å². The highest BCUT2D eigenvalue weighted by Crippen LogP contribution is 2.25. The van der Waals surface area contributed by atoms with Gasteiger partial charge in [0.1, 0.15) is 5.69 Å². The first-order chi connectivity index (χ1) is 16.7. The summed E-state index contributed by atoms with van der Waals surface area (Å²) in [6.07, 6.45) is 3.64. The molecule has 0 amide bonds. The Hall–Kier alpha value is -4.16. The first-order valence-electron chi connectivity index (χ1n) is 11.3. The number of pyridine rings is 1. The van der Waals surface area contributed by atoms with E-state index in [1.54, 1.807) is 10.7 Å². The number of rotatable bonds is 7. The molecule has 34 heavy (non-hydrogen) atoms. The van der Waals surface area contributed by atoms with Gasteiger partial charge in [0.05, 0.1) is 54.1 Å². The van der Waals surface area contributed by atoms with E-state index >= 15 is 0 Å². The van der Waals surface area contributed by atoms with E-state index in [9.17, 15) is 5.26 Å². The van der Waals surface area contributed by atoms with Gasteiger partial charge >= 0.3 is 0 Å². The summed E-state index contributed by atoms with van der Waals surface area (Å²) in [5.41, 5.74) is 5.37. The minimum Gasteiger partial charge on any atom is -0.379 e. The van der Waals surface area contributed by atoms with E-state index in [0.29, 0.717) is 41.7 Å². The number of hydrogen-bond donors (Lipinski definition) is 1. The summed E-state index contributed by atoms with van der Waals surface area (Å²) in [5, 5.41) is 21.3. The molecule has 9 nitrogen and oxygen atoms in total. The molecule has 0 radical (unpaired) electrons. The molecule has 0 bridgehead atoms. The lowest BCUT2D eigenvalue weighted by Crippen LogP contribution is -2.20. The van der Waals surface area contributed by atoms with Gasteiger partial charge in [-0.3, -0.25) is 4.98 Å². The molecule has 1 atom stereocenters. The highest BCUT2D eigenvalue weighted by molar-refractivity contribution is 5.68. The third-order valence-electron chi connectivity index (χ3n) is 5.63. The summed E-state index contributed by atoms with van der Waals surface area (Å²) in [4.78, 5) is 14.1. The van der Waals surface area contributed by atoms with Crippen LogP contribution in [0, 0.1) is 11.3 Å². The van der Waals surface area contributed by atoms with Crippen molar-refractivity contribution in [3.63, 3.8) is 0 Å². The molecule has 1 fully saturated rings. The summed E-state index contributed by atoms with van der Waals surface area (Å²) < 4.78 is 7.24. The maximum Gasteiger partial charge on any atom is 0.224 e. The molecular weight excluding hydrogens is 428 g/mol. The van der Waals surface area contributed by atoms with Crippen LogP contribution in [-0.2, 0) is 17.7 Å². The monoisotopic (exact) mass is 452 g/mol. The number of ether oxygens (including phenoxy) is 1. The van der Waals surface area contributed by atoms with Crippen molar-refractivity contribution in [1.29, 1.82) is 5.26 Å². The van der Waals surface area contributed by atoms with Crippen molar-refractivity contribution in [3.8, 4) is 28.7 Å². The van der Waals surface area contributed by atoms with Crippen LogP contribution in [-0.4, -0.2) is 49.2 Å². The van der Waals surface area contributed by atoms with Crippen molar-refractivity contribution in [2.75, 3.05) is 18.5 Å². The maximum absolute atomic E-state index is 9.31. The van der Waals surface area contributed by atoms with E-state index in [0.717, 1.165) is 36.4 Å². The van der Waals surface area contributed by atoms with Gasteiger partial charge in [0.25, 0.3) is 0 Å². The summed E-state index contributed by atoms with van der Waals surface area (Å²) in [6.45, 7) is 3.94. The average Bonchev–Trinajstić information content (AvgIpc) is 3.56. The molecule has 9 heteroatoms. The molecule has 4 heterocycles. The first-order valence-corrected chi connectivity index (χ1v) is 11.3. The largest absolute Gasteiger partial charge is 0.379 e. The fourth-order valence-electron chi connectivity index (χ4n) is 3.84. The number of benzene rings is 1. The van der Waals surface area contributed by atoms with Crippen molar-refractivity contribution in [1.82, 2.24) is 29.9 Å². The molecule has 170 valence electrons. The van der Waals surface area contributed by atoms with Crippen LogP contribution in [0.15, 0.2) is 54.7 Å². The SMILES string of the molecule is CCc1cccc(Cn2cc(-c3cc(-c4cccc(C#N)c4)nc(N[C@H]4CCOC4)n3)nn2)n1. The molecule has 1 aliphatic heterocycles. The Morgan fingerprint density at radius 3 is 2.74 bits per heavy atom. The van der Waals surface area contributed by atoms with E-state index in [4.69, 9.17) is 14.7 Å². The van der Waals surface area contributed by atoms with Gasteiger partial charge in [0, 0.05) is 17.9 Å². The summed E-state index contributed by atoms with van der Waals surface area (Å²) in [6, 6.07) is 17.6. The number of aryl methyl sites for hydroxylation is 1. The molecule has 1 aliphatic rings. The summed E-state index contributed by atoms with van der Waals surface area (Å²) in [7, 11) is 0. The Kier molecular flexibility index (Phi) is 6.23. The maximum atomic E-state index is 9.31. The topological polar surface area (TPSA) is 114 Å². The normalized spacial score (nSPS) is 15.2. The van der Waals surface area contributed by atoms with Gasteiger partial charge in [-0.2, -0.15) is 5.26 Å². The Morgan fingerprint density at radius 2 is 1.91 bits per heavy atom. The van der Waals surface area contributed by atoms with Crippen LogP contribution in [0.2, 0.25) is 0 Å². The number of anilines is 1. The van der Waals surface area contributed by atoms with E-state index in [-0.39, 0.29) is 6.04 Å². The quantitative estimate of drug-likeness (QED) is 0.453. The zero-order valence-electron chi connectivity index (χ0n) is 18.8. The molecule has 1 N–H and O–H groups in total. The molecule has 0 unspecified atom stereocenters. The molecule has 1 aromatic carbocycles. The average molecular weight is 453 g/mol. The lowest BCUT2D eigenvalue weighted by molar-refractivity contribution is 0.195. The summed E-state index contributed by atoms with van der Waals surface area (Å²) >= 11 is 0. The molecule has 4 aromatic rings. The Morgan fingerprint density at radius 1 is 1.06 bits per heavy atom. The molecular formula is C25H24N8O. The highest BCUT2D eigenvalue weighted by atomic mass is 16.5. The predicted molar refractivity (Wildman–Crippen MR) is 127 cm³/mol. The first kappa shape index (κ1) is 21.7. The molecule has 0 aliphatic carbocycles. The second-order valence-electron chi connectivity index (χ2n) is 8.13. The van der Waals surface area contributed by atoms with Crippen molar-refractivity contribution < 1.29 is 4.74 Å². The van der Waals surface area contributed by atoms with Crippen LogP contribution in [0.1, 0.15) is 30.3 Å². The Bertz CT molecular complexity index is 1340. The zero-order chi connectivity index (χ0) is 23.3. The van der Waals surface area contributed by atoms with E-state index < -0.39 is 0 Å². The number of nitrogens with zero attached hydrogens (tertiary/aromatic N) is 7. The van der Waals surface area contributed by atoms with Crippen LogP contribution >= 0.6 is 0 Å². The van der Waals surface area contributed by atoms with Gasteiger partial charge in [0.2, 0.25) is 5.95 Å². The standard InChI is InChI=1S/C25H24N8O/c1-2-19-7-4-8-20(27-19)14-33-15-24(31-32-33)23-12-22(18-6-3-5-17(11-18)13-26)29-25(30-23)28-21-9-10-34-16-21/h3-8,11-12,15,21H,2,9-10,14,16H2,1H3,(H,28,29,30)/t21-/m0/s1. The van der Waals surface area contributed by atoms with Crippen LogP contribution < -0.4 is 5.32 Å². The van der Waals surface area contributed by atoms with Gasteiger partial charge in [-0.25, -0.2) is 14.6 Å². The number of hydrogen-bond acceptors (Lipinski definition) is 8. The Balaban J connectivity index is 1.48. The van der Waals surface area contributed by atoms with Crippen molar-refractivity contribution >= 4 is 5.95 Å². The van der Waals surface area contributed by atoms with Gasteiger partial charge < -0.3 is 10.1 Å². The third kappa shape index (κ3) is 4.92. The number of nitrogens with one attached hydrogen (secondary N) is 1.